The number of carboxylic acids is 1. The first-order valence-electron chi connectivity index (χ1n) is 7.30. The minimum atomic E-state index is -0.791. The van der Waals surface area contributed by atoms with E-state index < -0.39 is 16.8 Å². The van der Waals surface area contributed by atoms with Gasteiger partial charge in [-0.15, -0.1) is 0 Å². The Morgan fingerprint density at radius 2 is 1.81 bits per heavy atom. The van der Waals surface area contributed by atoms with E-state index in [-0.39, 0.29) is 23.6 Å². The number of nitrogens with one attached hydrogen (secondary N) is 1. The van der Waals surface area contributed by atoms with Crippen LogP contribution < -0.4 is 5.32 Å². The molecule has 0 radical (unpaired) electrons. The van der Waals surface area contributed by atoms with Gasteiger partial charge in [0.1, 0.15) is 5.69 Å². The van der Waals surface area contributed by atoms with E-state index >= 15 is 0 Å². The van der Waals surface area contributed by atoms with Crippen LogP contribution in [0.2, 0.25) is 0 Å². The maximum Gasteiger partial charge on any atom is 0.308 e. The van der Waals surface area contributed by atoms with E-state index in [4.69, 9.17) is 0 Å². The molecule has 112 valence electrons. The highest BCUT2D eigenvalue weighted by atomic mass is 16.6. The third kappa shape index (κ3) is 2.46. The van der Waals surface area contributed by atoms with Crippen LogP contribution in [0.1, 0.15) is 25.7 Å². The van der Waals surface area contributed by atoms with Crippen LogP contribution in [-0.2, 0) is 4.79 Å². The molecule has 1 aromatic carbocycles. The number of nitro groups is 1. The number of aliphatic carboxylic acids is 1. The Bertz CT molecular complexity index is 567. The quantitative estimate of drug-likeness (QED) is 0.657. The van der Waals surface area contributed by atoms with Crippen LogP contribution in [0.15, 0.2) is 24.3 Å². The third-order valence-electron chi connectivity index (χ3n) is 4.93. The van der Waals surface area contributed by atoms with Crippen LogP contribution in [-0.4, -0.2) is 22.0 Å². The molecule has 2 N–H and O–H groups in total. The molecule has 0 saturated heterocycles. The van der Waals surface area contributed by atoms with Gasteiger partial charge < -0.3 is 10.4 Å². The van der Waals surface area contributed by atoms with E-state index in [9.17, 15) is 20.0 Å². The molecule has 6 nitrogen and oxygen atoms in total. The lowest BCUT2D eigenvalue weighted by Crippen LogP contribution is -2.51. The average Bonchev–Trinajstić information content (AvgIpc) is 2.48. The van der Waals surface area contributed by atoms with Crippen LogP contribution in [0.25, 0.3) is 0 Å². The lowest BCUT2D eigenvalue weighted by molar-refractivity contribution is -0.384. The van der Waals surface area contributed by atoms with Gasteiger partial charge in [0, 0.05) is 12.1 Å². The van der Waals surface area contributed by atoms with Gasteiger partial charge in [0.05, 0.1) is 10.8 Å². The van der Waals surface area contributed by atoms with E-state index in [1.807, 2.05) is 0 Å². The molecule has 4 rings (SSSR count). The fraction of sp³-hybridized carbons (Fsp3) is 0.533. The Labute approximate surface area is 122 Å². The molecular formula is C15H18N2O4. The number of benzene rings is 1. The molecule has 3 fully saturated rings. The highest BCUT2D eigenvalue weighted by Crippen LogP contribution is 2.46. The van der Waals surface area contributed by atoms with Crippen molar-refractivity contribution in [3.63, 3.8) is 0 Å². The molecule has 6 heteroatoms. The number of para-hydroxylation sites is 2. The number of carboxylic acid groups (broad SMARTS) is 1. The zero-order chi connectivity index (χ0) is 15.0. The monoisotopic (exact) mass is 290 g/mol. The summed E-state index contributed by atoms with van der Waals surface area (Å²) in [7, 11) is 0. The minimum Gasteiger partial charge on any atom is -0.481 e. The molecule has 0 aromatic heterocycles. The summed E-state index contributed by atoms with van der Waals surface area (Å²) in [5.74, 6) is -0.763. The normalized spacial score (nSPS) is 30.9. The molecule has 0 unspecified atom stereocenters. The van der Waals surface area contributed by atoms with Gasteiger partial charge in [0.25, 0.3) is 5.69 Å². The van der Waals surface area contributed by atoms with Crippen LogP contribution in [0, 0.1) is 27.9 Å². The van der Waals surface area contributed by atoms with Crippen LogP contribution in [0.4, 0.5) is 11.4 Å². The Morgan fingerprint density at radius 1 is 1.19 bits per heavy atom. The first kappa shape index (κ1) is 13.9. The first-order valence-corrected chi connectivity index (χ1v) is 7.30. The summed E-state index contributed by atoms with van der Waals surface area (Å²) in [5, 5.41) is 23.8. The topological polar surface area (TPSA) is 92.5 Å². The molecule has 3 aliphatic carbocycles. The smallest absolute Gasteiger partial charge is 0.308 e. The molecule has 0 amide bonds. The van der Waals surface area contributed by atoms with Crippen molar-refractivity contribution in [1.82, 2.24) is 0 Å². The van der Waals surface area contributed by atoms with Crippen molar-refractivity contribution in [2.75, 3.05) is 5.32 Å². The predicted molar refractivity (Wildman–Crippen MR) is 77.1 cm³/mol. The first-order chi connectivity index (χ1) is 10.1. The van der Waals surface area contributed by atoms with Crippen molar-refractivity contribution in [1.29, 1.82) is 0 Å². The molecule has 1 aromatic rings. The predicted octanol–water partition coefficient (Wildman–Crippen LogP) is 2.90. The van der Waals surface area contributed by atoms with Crippen molar-refractivity contribution >= 4 is 17.3 Å². The number of fused-ring (bicyclic) bond motifs is 3. The van der Waals surface area contributed by atoms with Gasteiger partial charge in [0.15, 0.2) is 0 Å². The maximum absolute atomic E-state index is 11.6. The van der Waals surface area contributed by atoms with E-state index in [1.54, 1.807) is 18.2 Å². The van der Waals surface area contributed by atoms with Gasteiger partial charge in [-0.3, -0.25) is 14.9 Å². The number of anilines is 1. The SMILES string of the molecule is O=C(O)[C@@H]1C2CCC(CC2)[C@H]1Nc1ccccc1[N+](=O)[O-]. The van der Waals surface area contributed by atoms with Crippen LogP contribution in [0.3, 0.4) is 0 Å². The Kier molecular flexibility index (Phi) is 3.53. The number of hydrogen-bond acceptors (Lipinski definition) is 4. The van der Waals surface area contributed by atoms with Gasteiger partial charge in [-0.1, -0.05) is 12.1 Å². The molecule has 0 aliphatic heterocycles. The number of rotatable bonds is 4. The van der Waals surface area contributed by atoms with E-state index in [0.29, 0.717) is 5.69 Å². The standard InChI is InChI=1S/C15H18N2O4/c18-15(19)13-9-5-7-10(8-6-9)14(13)16-11-3-1-2-4-12(11)17(20)21/h1-4,9-10,13-14,16H,5-8H2,(H,18,19)/t9?,10?,13-,14-/m1/s1. The maximum atomic E-state index is 11.6. The van der Waals surface area contributed by atoms with Gasteiger partial charge in [-0.05, 0) is 43.6 Å². The molecule has 0 heterocycles. The van der Waals surface area contributed by atoms with E-state index in [0.717, 1.165) is 25.7 Å². The second kappa shape index (κ2) is 5.35. The number of nitrogens with zero attached hydrogens (tertiary/aromatic N) is 1. The summed E-state index contributed by atoms with van der Waals surface area (Å²) >= 11 is 0. The zero-order valence-corrected chi connectivity index (χ0v) is 11.6. The highest BCUT2D eigenvalue weighted by Gasteiger charge is 2.47. The Morgan fingerprint density at radius 3 is 2.43 bits per heavy atom. The zero-order valence-electron chi connectivity index (χ0n) is 11.6. The second-order valence-electron chi connectivity index (χ2n) is 5.98. The Hall–Kier alpha value is -2.11. The van der Waals surface area contributed by atoms with Crippen molar-refractivity contribution in [2.45, 2.75) is 31.7 Å². The van der Waals surface area contributed by atoms with Crippen molar-refractivity contribution in [3.05, 3.63) is 34.4 Å². The van der Waals surface area contributed by atoms with Crippen molar-refractivity contribution in [2.24, 2.45) is 17.8 Å². The van der Waals surface area contributed by atoms with Crippen LogP contribution in [0.5, 0.6) is 0 Å². The lowest BCUT2D eigenvalue weighted by Gasteiger charge is -2.47. The summed E-state index contributed by atoms with van der Waals surface area (Å²) < 4.78 is 0. The van der Waals surface area contributed by atoms with Gasteiger partial charge in [0.2, 0.25) is 0 Å². The van der Waals surface area contributed by atoms with Crippen LogP contribution >= 0.6 is 0 Å². The van der Waals surface area contributed by atoms with Gasteiger partial charge >= 0.3 is 5.97 Å². The molecule has 21 heavy (non-hydrogen) atoms. The largest absolute Gasteiger partial charge is 0.481 e. The average molecular weight is 290 g/mol. The number of nitro benzene ring substituents is 1. The Balaban J connectivity index is 1.89. The molecular weight excluding hydrogens is 272 g/mol. The summed E-state index contributed by atoms with van der Waals surface area (Å²) in [6, 6.07) is 6.23. The summed E-state index contributed by atoms with van der Waals surface area (Å²) in [5.41, 5.74) is 0.425. The molecule has 3 aliphatic rings. The van der Waals surface area contributed by atoms with Gasteiger partial charge in [-0.2, -0.15) is 0 Å². The summed E-state index contributed by atoms with van der Waals surface area (Å²) in [6.45, 7) is 0. The number of carbonyl (C=O) groups is 1. The molecule has 3 saturated carbocycles. The summed E-state index contributed by atoms with van der Waals surface area (Å²) in [6.07, 6.45) is 3.92. The molecule has 0 spiro atoms. The number of hydrogen-bond donors (Lipinski definition) is 2. The van der Waals surface area contributed by atoms with Crippen molar-refractivity contribution in [3.8, 4) is 0 Å². The lowest BCUT2D eigenvalue weighted by atomic mass is 9.61. The fourth-order valence-electron chi connectivity index (χ4n) is 3.95. The molecule has 2 atom stereocenters. The molecule has 2 bridgehead atoms. The van der Waals surface area contributed by atoms with Crippen molar-refractivity contribution < 1.29 is 14.8 Å². The second-order valence-corrected chi connectivity index (χ2v) is 5.98. The summed E-state index contributed by atoms with van der Waals surface area (Å²) in [4.78, 5) is 22.2. The van der Waals surface area contributed by atoms with E-state index in [1.165, 1.54) is 6.07 Å². The van der Waals surface area contributed by atoms with Gasteiger partial charge in [-0.25, -0.2) is 0 Å². The highest BCUT2D eigenvalue weighted by molar-refractivity contribution is 5.73. The third-order valence-corrected chi connectivity index (χ3v) is 4.93. The van der Waals surface area contributed by atoms with E-state index in [2.05, 4.69) is 5.32 Å². The minimum absolute atomic E-state index is 0.00286. The fourth-order valence-corrected chi connectivity index (χ4v) is 3.95.